The van der Waals surface area contributed by atoms with Crippen LogP contribution in [0.3, 0.4) is 0 Å². The molecule has 2 N–H and O–H groups in total. The van der Waals surface area contributed by atoms with E-state index in [9.17, 15) is 0 Å². The van der Waals surface area contributed by atoms with Crippen LogP contribution in [-0.2, 0) is 6.42 Å². The Morgan fingerprint density at radius 2 is 2.27 bits per heavy atom. The highest BCUT2D eigenvalue weighted by Crippen LogP contribution is 2.30. The molecule has 0 aliphatic heterocycles. The molecule has 1 fully saturated rings. The molecule has 1 saturated carbocycles. The van der Waals surface area contributed by atoms with Crippen molar-refractivity contribution in [3.8, 4) is 0 Å². The number of anilines is 1. The van der Waals surface area contributed by atoms with E-state index in [0.29, 0.717) is 6.54 Å². The Morgan fingerprint density at radius 3 is 2.80 bits per heavy atom. The molecule has 0 unspecified atom stereocenters. The molecule has 0 aromatic carbocycles. The molecule has 1 heterocycles. The molecule has 0 radical (unpaired) electrons. The van der Waals surface area contributed by atoms with E-state index in [1.54, 1.807) is 0 Å². The summed E-state index contributed by atoms with van der Waals surface area (Å²) in [5.74, 6) is 1.12. The first-order valence-electron chi connectivity index (χ1n) is 5.61. The Bertz CT molecular complexity index is 345. The first-order valence-corrected chi connectivity index (χ1v) is 5.61. The molecule has 0 atom stereocenters. The Balaban J connectivity index is 2.17. The Kier molecular flexibility index (Phi) is 2.91. The van der Waals surface area contributed by atoms with Gasteiger partial charge in [-0.05, 0) is 43.9 Å². The summed E-state index contributed by atoms with van der Waals surface area (Å²) < 4.78 is 0. The second-order valence-electron chi connectivity index (χ2n) is 4.36. The second kappa shape index (κ2) is 4.19. The minimum atomic E-state index is 0.693. The summed E-state index contributed by atoms with van der Waals surface area (Å²) in [7, 11) is 2.13. The Morgan fingerprint density at radius 1 is 1.53 bits per heavy atom. The molecule has 0 saturated heterocycles. The molecule has 1 aromatic rings. The van der Waals surface area contributed by atoms with Crippen LogP contribution in [0.5, 0.6) is 0 Å². The van der Waals surface area contributed by atoms with Crippen LogP contribution >= 0.6 is 0 Å². The summed E-state index contributed by atoms with van der Waals surface area (Å²) in [4.78, 5) is 6.82. The SMILES string of the molecule is Cc1cc(CCN)cnc1N(C)C1CC1. The molecular weight excluding hydrogens is 186 g/mol. The molecule has 0 spiro atoms. The zero-order chi connectivity index (χ0) is 10.8. The van der Waals surface area contributed by atoms with E-state index in [-0.39, 0.29) is 0 Å². The van der Waals surface area contributed by atoms with E-state index >= 15 is 0 Å². The summed E-state index contributed by atoms with van der Waals surface area (Å²) in [6.07, 6.45) is 5.49. The van der Waals surface area contributed by atoms with Crippen molar-refractivity contribution in [2.45, 2.75) is 32.2 Å². The third-order valence-electron chi connectivity index (χ3n) is 2.97. The zero-order valence-corrected chi connectivity index (χ0v) is 9.53. The maximum atomic E-state index is 5.53. The Hall–Kier alpha value is -1.09. The molecule has 1 aromatic heterocycles. The Labute approximate surface area is 91.3 Å². The van der Waals surface area contributed by atoms with Crippen LogP contribution in [0.2, 0.25) is 0 Å². The van der Waals surface area contributed by atoms with E-state index in [1.165, 1.54) is 24.0 Å². The van der Waals surface area contributed by atoms with Gasteiger partial charge in [0, 0.05) is 19.3 Å². The van der Waals surface area contributed by atoms with E-state index in [2.05, 4.69) is 29.9 Å². The van der Waals surface area contributed by atoms with E-state index < -0.39 is 0 Å². The van der Waals surface area contributed by atoms with Crippen molar-refractivity contribution in [3.63, 3.8) is 0 Å². The van der Waals surface area contributed by atoms with Gasteiger partial charge in [-0.2, -0.15) is 0 Å². The molecule has 0 amide bonds. The summed E-state index contributed by atoms with van der Waals surface area (Å²) >= 11 is 0. The normalized spacial score (nSPS) is 15.4. The van der Waals surface area contributed by atoms with Crippen molar-refractivity contribution in [3.05, 3.63) is 23.4 Å². The standard InChI is InChI=1S/C12H19N3/c1-9-7-10(5-6-13)8-14-12(9)15(2)11-3-4-11/h7-8,11H,3-6,13H2,1-2H3. The largest absolute Gasteiger partial charge is 0.356 e. The van der Waals surface area contributed by atoms with Crippen molar-refractivity contribution >= 4 is 5.82 Å². The van der Waals surface area contributed by atoms with Gasteiger partial charge in [-0.1, -0.05) is 6.07 Å². The first-order chi connectivity index (χ1) is 7.22. The highest BCUT2D eigenvalue weighted by atomic mass is 15.2. The molecular formula is C12H19N3. The summed E-state index contributed by atoms with van der Waals surface area (Å²) in [5.41, 5.74) is 8.03. The quantitative estimate of drug-likeness (QED) is 0.809. The number of hydrogen-bond acceptors (Lipinski definition) is 3. The maximum Gasteiger partial charge on any atom is 0.131 e. The molecule has 0 bridgehead atoms. The minimum Gasteiger partial charge on any atom is -0.356 e. The molecule has 1 aliphatic carbocycles. The summed E-state index contributed by atoms with van der Waals surface area (Å²) in [5, 5.41) is 0. The molecule has 15 heavy (non-hydrogen) atoms. The van der Waals surface area contributed by atoms with Crippen molar-refractivity contribution in [1.82, 2.24) is 4.98 Å². The lowest BCUT2D eigenvalue weighted by atomic mass is 10.1. The van der Waals surface area contributed by atoms with Gasteiger partial charge >= 0.3 is 0 Å². The van der Waals surface area contributed by atoms with E-state index in [0.717, 1.165) is 18.3 Å². The third-order valence-corrected chi connectivity index (χ3v) is 2.97. The average molecular weight is 205 g/mol. The highest BCUT2D eigenvalue weighted by molar-refractivity contribution is 5.48. The number of aryl methyl sites for hydroxylation is 1. The number of aromatic nitrogens is 1. The molecule has 2 rings (SSSR count). The van der Waals surface area contributed by atoms with Crippen molar-refractivity contribution in [2.75, 3.05) is 18.5 Å². The topological polar surface area (TPSA) is 42.1 Å². The lowest BCUT2D eigenvalue weighted by molar-refractivity contribution is 0.876. The van der Waals surface area contributed by atoms with Crippen LogP contribution in [-0.4, -0.2) is 24.6 Å². The predicted molar refractivity (Wildman–Crippen MR) is 63.2 cm³/mol. The van der Waals surface area contributed by atoms with Crippen molar-refractivity contribution < 1.29 is 0 Å². The summed E-state index contributed by atoms with van der Waals surface area (Å²) in [6.45, 7) is 2.82. The van der Waals surface area contributed by atoms with Gasteiger partial charge in [-0.25, -0.2) is 4.98 Å². The monoisotopic (exact) mass is 205 g/mol. The van der Waals surface area contributed by atoms with Gasteiger partial charge in [0.1, 0.15) is 5.82 Å². The van der Waals surface area contributed by atoms with Crippen molar-refractivity contribution in [2.24, 2.45) is 5.73 Å². The first kappa shape index (κ1) is 10.4. The number of hydrogen-bond donors (Lipinski definition) is 1. The van der Waals surface area contributed by atoms with E-state index in [1.807, 2.05) is 6.20 Å². The predicted octanol–water partition coefficient (Wildman–Crippen LogP) is 1.49. The van der Waals surface area contributed by atoms with Crippen LogP contribution in [0.25, 0.3) is 0 Å². The van der Waals surface area contributed by atoms with Gasteiger partial charge in [-0.15, -0.1) is 0 Å². The number of nitrogens with two attached hydrogens (primary N) is 1. The number of nitrogens with zero attached hydrogens (tertiary/aromatic N) is 2. The smallest absolute Gasteiger partial charge is 0.131 e. The lowest BCUT2D eigenvalue weighted by Gasteiger charge is -2.19. The van der Waals surface area contributed by atoms with Crippen LogP contribution in [0.1, 0.15) is 24.0 Å². The minimum absolute atomic E-state index is 0.693. The van der Waals surface area contributed by atoms with Crippen LogP contribution in [0.15, 0.2) is 12.3 Å². The fourth-order valence-corrected chi connectivity index (χ4v) is 1.93. The number of rotatable bonds is 4. The van der Waals surface area contributed by atoms with Crippen molar-refractivity contribution in [1.29, 1.82) is 0 Å². The second-order valence-corrected chi connectivity index (χ2v) is 4.36. The summed E-state index contributed by atoms with van der Waals surface area (Å²) in [6, 6.07) is 2.92. The molecule has 3 heteroatoms. The molecule has 1 aliphatic rings. The molecule has 3 nitrogen and oxygen atoms in total. The van der Waals surface area contributed by atoms with Gasteiger partial charge in [0.15, 0.2) is 0 Å². The zero-order valence-electron chi connectivity index (χ0n) is 9.53. The van der Waals surface area contributed by atoms with Gasteiger partial charge in [-0.3, -0.25) is 0 Å². The fraction of sp³-hybridized carbons (Fsp3) is 0.583. The van der Waals surface area contributed by atoms with Gasteiger partial charge in [0.2, 0.25) is 0 Å². The van der Waals surface area contributed by atoms with Gasteiger partial charge < -0.3 is 10.6 Å². The van der Waals surface area contributed by atoms with Gasteiger partial charge in [0.05, 0.1) is 0 Å². The fourth-order valence-electron chi connectivity index (χ4n) is 1.93. The molecule has 82 valence electrons. The highest BCUT2D eigenvalue weighted by Gasteiger charge is 2.27. The van der Waals surface area contributed by atoms with Crippen LogP contribution < -0.4 is 10.6 Å². The van der Waals surface area contributed by atoms with Gasteiger partial charge in [0.25, 0.3) is 0 Å². The van der Waals surface area contributed by atoms with Crippen LogP contribution in [0.4, 0.5) is 5.82 Å². The third kappa shape index (κ3) is 2.29. The number of pyridine rings is 1. The maximum absolute atomic E-state index is 5.53. The van der Waals surface area contributed by atoms with E-state index in [4.69, 9.17) is 5.73 Å². The lowest BCUT2D eigenvalue weighted by Crippen LogP contribution is -2.21. The van der Waals surface area contributed by atoms with Crippen LogP contribution in [0, 0.1) is 6.92 Å². The average Bonchev–Trinajstić information content (AvgIpc) is 3.01.